The second kappa shape index (κ2) is 7.57. The summed E-state index contributed by atoms with van der Waals surface area (Å²) in [7, 11) is 0. The van der Waals surface area contributed by atoms with Gasteiger partial charge in [0.15, 0.2) is 5.78 Å². The third kappa shape index (κ3) is 2.93. The van der Waals surface area contributed by atoms with Gasteiger partial charge in [0, 0.05) is 16.7 Å². The SMILES string of the molecule is CSc1ccc2c(c1)C[C@]13CCC(=O)C=C1CC[C@@H]1C3C2C[C@@]2(C)[C@H]1CC[C@@]2(O)/C=C\CO. The highest BCUT2D eigenvalue weighted by atomic mass is 32.2. The molecular weight excluding hydrogens is 428 g/mol. The number of ketones is 1. The van der Waals surface area contributed by atoms with Crippen LogP contribution in [0.25, 0.3) is 0 Å². The number of thioether (sulfide) groups is 1. The molecule has 7 atom stereocenters. The maximum absolute atomic E-state index is 12.5. The molecule has 4 heteroatoms. The lowest BCUT2D eigenvalue weighted by atomic mass is 9.39. The summed E-state index contributed by atoms with van der Waals surface area (Å²) in [6.07, 6.45) is 15.6. The molecule has 33 heavy (non-hydrogen) atoms. The van der Waals surface area contributed by atoms with E-state index < -0.39 is 5.60 Å². The summed E-state index contributed by atoms with van der Waals surface area (Å²) < 4.78 is 0. The van der Waals surface area contributed by atoms with Gasteiger partial charge in [0.1, 0.15) is 0 Å². The number of benzene rings is 1. The molecule has 0 aromatic heterocycles. The van der Waals surface area contributed by atoms with Crippen molar-refractivity contribution in [2.24, 2.45) is 28.6 Å². The molecule has 0 amide bonds. The first-order chi connectivity index (χ1) is 15.8. The predicted molar refractivity (Wildman–Crippen MR) is 132 cm³/mol. The van der Waals surface area contributed by atoms with Crippen molar-refractivity contribution in [2.45, 2.75) is 74.7 Å². The van der Waals surface area contributed by atoms with Crippen LogP contribution in [0.4, 0.5) is 0 Å². The molecule has 2 unspecified atom stereocenters. The van der Waals surface area contributed by atoms with Crippen LogP contribution >= 0.6 is 11.8 Å². The highest BCUT2D eigenvalue weighted by Gasteiger charge is 2.67. The van der Waals surface area contributed by atoms with Crippen LogP contribution in [0, 0.1) is 28.6 Å². The molecule has 5 aliphatic carbocycles. The molecule has 3 saturated carbocycles. The number of fused-ring (bicyclic) bond motifs is 4. The van der Waals surface area contributed by atoms with Gasteiger partial charge in [-0.3, -0.25) is 4.79 Å². The Morgan fingerprint density at radius 2 is 2.06 bits per heavy atom. The van der Waals surface area contributed by atoms with Crippen molar-refractivity contribution in [1.82, 2.24) is 0 Å². The number of aliphatic hydroxyl groups excluding tert-OH is 1. The Labute approximate surface area is 201 Å². The molecule has 6 rings (SSSR count). The van der Waals surface area contributed by atoms with E-state index in [9.17, 15) is 15.0 Å². The Bertz CT molecular complexity index is 1060. The van der Waals surface area contributed by atoms with Crippen LogP contribution < -0.4 is 0 Å². The van der Waals surface area contributed by atoms with E-state index in [1.807, 2.05) is 12.2 Å². The fourth-order valence-electron chi connectivity index (χ4n) is 9.27. The molecule has 2 N–H and O–H groups in total. The fourth-order valence-corrected chi connectivity index (χ4v) is 9.74. The minimum Gasteiger partial charge on any atom is -0.392 e. The Hall–Kier alpha value is -1.36. The molecule has 3 fully saturated rings. The van der Waals surface area contributed by atoms with Crippen LogP contribution in [-0.2, 0) is 11.2 Å². The van der Waals surface area contributed by atoms with Crippen LogP contribution in [0.1, 0.15) is 68.9 Å². The smallest absolute Gasteiger partial charge is 0.155 e. The lowest BCUT2D eigenvalue weighted by Crippen LogP contribution is -2.59. The number of aliphatic hydroxyl groups is 2. The Morgan fingerprint density at radius 3 is 2.85 bits per heavy atom. The van der Waals surface area contributed by atoms with Crippen molar-refractivity contribution >= 4 is 17.5 Å². The van der Waals surface area contributed by atoms with Gasteiger partial charge in [0.05, 0.1) is 12.2 Å². The van der Waals surface area contributed by atoms with Gasteiger partial charge < -0.3 is 10.2 Å². The van der Waals surface area contributed by atoms with Gasteiger partial charge in [0.25, 0.3) is 0 Å². The average Bonchev–Trinajstić information content (AvgIpc) is 3.08. The number of allylic oxidation sites excluding steroid dienone is 1. The van der Waals surface area contributed by atoms with Gasteiger partial charge in [-0.1, -0.05) is 30.7 Å². The van der Waals surface area contributed by atoms with Crippen LogP contribution in [0.2, 0.25) is 0 Å². The van der Waals surface area contributed by atoms with Gasteiger partial charge >= 0.3 is 0 Å². The highest BCUT2D eigenvalue weighted by Crippen LogP contribution is 2.73. The summed E-state index contributed by atoms with van der Waals surface area (Å²) >= 11 is 1.80. The van der Waals surface area contributed by atoms with Crippen molar-refractivity contribution in [2.75, 3.05) is 12.9 Å². The van der Waals surface area contributed by atoms with Crippen molar-refractivity contribution in [3.05, 3.63) is 53.1 Å². The molecule has 0 saturated heterocycles. The summed E-state index contributed by atoms with van der Waals surface area (Å²) in [6.45, 7) is 2.31. The van der Waals surface area contributed by atoms with E-state index in [1.165, 1.54) is 21.6 Å². The lowest BCUT2D eigenvalue weighted by Gasteiger charge is -2.65. The Kier molecular flexibility index (Phi) is 5.07. The van der Waals surface area contributed by atoms with Crippen molar-refractivity contribution in [3.8, 4) is 0 Å². The van der Waals surface area contributed by atoms with Crippen molar-refractivity contribution in [1.29, 1.82) is 0 Å². The molecular formula is C29H36O3S. The molecule has 1 spiro atoms. The minimum atomic E-state index is -0.853. The summed E-state index contributed by atoms with van der Waals surface area (Å²) in [6, 6.07) is 7.06. The number of rotatable bonds is 3. The standard InChI is InChI=1S/C29H36O3S/c1-27-17-24-22-7-5-21(33-2)14-18(22)16-28-11-8-20(31)15-19(28)4-6-23(26(24)28)25(27)9-12-29(27,32)10-3-13-30/h3,5,7,10,14-15,23-26,30,32H,4,6,8-9,11-13,16-17H2,1-2H3/b10-3-/t23-,24?,25-,26?,27-,28+,29-/m0/s1. The third-order valence-corrected chi connectivity index (χ3v) is 11.4. The highest BCUT2D eigenvalue weighted by molar-refractivity contribution is 7.98. The van der Waals surface area contributed by atoms with Gasteiger partial charge in [-0.15, -0.1) is 11.8 Å². The molecule has 0 heterocycles. The van der Waals surface area contributed by atoms with E-state index in [4.69, 9.17) is 0 Å². The zero-order valence-corrected chi connectivity index (χ0v) is 20.7. The molecule has 0 bridgehead atoms. The largest absolute Gasteiger partial charge is 0.392 e. The average molecular weight is 465 g/mol. The van der Waals surface area contributed by atoms with E-state index in [-0.39, 0.29) is 17.4 Å². The number of carbonyl (C=O) groups excluding carboxylic acids is 1. The first-order valence-corrected chi connectivity index (χ1v) is 14.0. The number of carbonyl (C=O) groups is 1. The lowest BCUT2D eigenvalue weighted by molar-refractivity contribution is -0.128. The van der Waals surface area contributed by atoms with Gasteiger partial charge in [-0.2, -0.15) is 0 Å². The normalized spacial score (nSPS) is 43.5. The van der Waals surface area contributed by atoms with Crippen LogP contribution in [0.5, 0.6) is 0 Å². The molecule has 3 nitrogen and oxygen atoms in total. The van der Waals surface area contributed by atoms with Crippen LogP contribution in [-0.4, -0.2) is 34.5 Å². The maximum Gasteiger partial charge on any atom is 0.155 e. The van der Waals surface area contributed by atoms with Gasteiger partial charge in [0.2, 0.25) is 0 Å². The first-order valence-electron chi connectivity index (χ1n) is 12.8. The number of hydrogen-bond acceptors (Lipinski definition) is 4. The third-order valence-electron chi connectivity index (χ3n) is 10.6. The second-order valence-corrected chi connectivity index (χ2v) is 12.5. The Balaban J connectivity index is 1.53. The fraction of sp³-hybridized carbons (Fsp3) is 0.621. The van der Waals surface area contributed by atoms with E-state index in [2.05, 4.69) is 31.4 Å². The second-order valence-electron chi connectivity index (χ2n) is 11.6. The predicted octanol–water partition coefficient (Wildman–Crippen LogP) is 5.45. The van der Waals surface area contributed by atoms with E-state index in [1.54, 1.807) is 17.8 Å². The molecule has 1 aromatic carbocycles. The van der Waals surface area contributed by atoms with E-state index in [0.717, 1.165) is 44.9 Å². The van der Waals surface area contributed by atoms with Crippen molar-refractivity contribution < 1.29 is 15.0 Å². The van der Waals surface area contributed by atoms with Crippen molar-refractivity contribution in [3.63, 3.8) is 0 Å². The van der Waals surface area contributed by atoms with E-state index >= 15 is 0 Å². The molecule has 0 radical (unpaired) electrons. The van der Waals surface area contributed by atoms with Gasteiger partial charge in [-0.05, 0) is 110 Å². The van der Waals surface area contributed by atoms with E-state index in [0.29, 0.717) is 35.9 Å². The summed E-state index contributed by atoms with van der Waals surface area (Å²) in [5, 5.41) is 21.3. The zero-order chi connectivity index (χ0) is 23.0. The molecule has 5 aliphatic rings. The van der Waals surface area contributed by atoms with Crippen LogP contribution in [0.15, 0.2) is 46.9 Å². The topological polar surface area (TPSA) is 57.5 Å². The monoisotopic (exact) mass is 464 g/mol. The zero-order valence-electron chi connectivity index (χ0n) is 19.8. The summed E-state index contributed by atoms with van der Waals surface area (Å²) in [5.74, 6) is 2.39. The Morgan fingerprint density at radius 1 is 1.21 bits per heavy atom. The first kappa shape index (κ1) is 22.1. The van der Waals surface area contributed by atoms with Gasteiger partial charge in [-0.25, -0.2) is 0 Å². The molecule has 1 aromatic rings. The summed E-state index contributed by atoms with van der Waals surface area (Å²) in [5.41, 5.74) is 3.47. The maximum atomic E-state index is 12.5. The quantitative estimate of drug-likeness (QED) is 0.461. The van der Waals surface area contributed by atoms with Crippen LogP contribution in [0.3, 0.4) is 0 Å². The molecule has 176 valence electrons. The summed E-state index contributed by atoms with van der Waals surface area (Å²) in [4.78, 5) is 13.8. The number of hydrogen-bond donors (Lipinski definition) is 2. The minimum absolute atomic E-state index is 0.0237. The molecule has 0 aliphatic heterocycles.